The number of nitrogens with one attached hydrogen (secondary N) is 2. The Morgan fingerprint density at radius 3 is 2.59 bits per heavy atom. The summed E-state index contributed by atoms with van der Waals surface area (Å²) in [5, 5.41) is 5.09. The number of halogens is 1. The lowest BCUT2D eigenvalue weighted by molar-refractivity contribution is -0.136. The van der Waals surface area contributed by atoms with Crippen molar-refractivity contribution in [3.05, 3.63) is 23.2 Å². The highest BCUT2D eigenvalue weighted by Gasteiger charge is 2.30. The van der Waals surface area contributed by atoms with E-state index < -0.39 is 27.7 Å². The molecule has 1 atom stereocenters. The van der Waals surface area contributed by atoms with Gasteiger partial charge in [-0.3, -0.25) is 9.59 Å². The summed E-state index contributed by atoms with van der Waals surface area (Å²) < 4.78 is 27.6. The summed E-state index contributed by atoms with van der Waals surface area (Å²) in [6, 6.07) is 4.02. The highest BCUT2D eigenvalue weighted by Crippen LogP contribution is 2.27. The van der Waals surface area contributed by atoms with Gasteiger partial charge < -0.3 is 15.4 Å². The molecule has 1 aromatic rings. The van der Waals surface area contributed by atoms with Crippen molar-refractivity contribution in [2.75, 3.05) is 23.9 Å². The highest BCUT2D eigenvalue weighted by atomic mass is 35.5. The van der Waals surface area contributed by atoms with E-state index >= 15 is 0 Å². The molecule has 9 heteroatoms. The van der Waals surface area contributed by atoms with Gasteiger partial charge in [0.05, 0.1) is 23.6 Å². The number of benzene rings is 1. The number of amides is 2. The van der Waals surface area contributed by atoms with Gasteiger partial charge in [0.2, 0.25) is 0 Å². The third-order valence-corrected chi connectivity index (χ3v) is 5.25. The number of ether oxygens (including phenoxy) is 1. The second-order valence-corrected chi connectivity index (χ2v) is 7.51. The Morgan fingerprint density at radius 2 is 2.05 bits per heavy atom. The number of hydrogen-bond acceptors (Lipinski definition) is 5. The third kappa shape index (κ3) is 4.11. The maximum absolute atomic E-state index is 11.8. The van der Waals surface area contributed by atoms with Crippen LogP contribution in [0.5, 0.6) is 5.75 Å². The van der Waals surface area contributed by atoms with Crippen LogP contribution in [0, 0.1) is 0 Å². The molecule has 22 heavy (non-hydrogen) atoms. The zero-order valence-corrected chi connectivity index (χ0v) is 13.3. The van der Waals surface area contributed by atoms with Crippen LogP contribution in [-0.4, -0.2) is 44.9 Å². The molecule has 1 aliphatic rings. The quantitative estimate of drug-likeness (QED) is 0.780. The van der Waals surface area contributed by atoms with Crippen LogP contribution < -0.4 is 15.4 Å². The molecule has 0 bridgehead atoms. The fourth-order valence-corrected chi connectivity index (χ4v) is 4.02. The molecular weight excluding hydrogens is 332 g/mol. The molecule has 0 spiro atoms. The molecule has 1 saturated heterocycles. The van der Waals surface area contributed by atoms with Crippen LogP contribution in [-0.2, 0) is 19.4 Å². The van der Waals surface area contributed by atoms with Crippen LogP contribution in [0.2, 0.25) is 5.02 Å². The van der Waals surface area contributed by atoms with E-state index in [4.69, 9.17) is 16.3 Å². The van der Waals surface area contributed by atoms with Gasteiger partial charge in [-0.05, 0) is 24.6 Å². The average molecular weight is 347 g/mol. The fourth-order valence-electron chi connectivity index (χ4n) is 2.09. The third-order valence-electron chi connectivity index (χ3n) is 3.18. The molecule has 2 N–H and O–H groups in total. The van der Waals surface area contributed by atoms with E-state index in [0.717, 1.165) is 0 Å². The molecule has 1 aliphatic heterocycles. The lowest BCUT2D eigenvalue weighted by Gasteiger charge is -2.11. The minimum atomic E-state index is -3.12. The zero-order valence-electron chi connectivity index (χ0n) is 11.8. The van der Waals surface area contributed by atoms with Gasteiger partial charge in [0.1, 0.15) is 5.75 Å². The molecule has 0 aromatic heterocycles. The number of methoxy groups -OCH3 is 1. The second-order valence-electron chi connectivity index (χ2n) is 4.88. The van der Waals surface area contributed by atoms with Gasteiger partial charge in [0, 0.05) is 11.7 Å². The summed E-state index contributed by atoms with van der Waals surface area (Å²) in [5.74, 6) is -1.44. The van der Waals surface area contributed by atoms with Gasteiger partial charge >= 0.3 is 11.8 Å². The Kier molecular flexibility index (Phi) is 4.92. The van der Waals surface area contributed by atoms with E-state index in [1.807, 2.05) is 0 Å². The van der Waals surface area contributed by atoms with Gasteiger partial charge in [-0.25, -0.2) is 8.42 Å². The second kappa shape index (κ2) is 6.53. The van der Waals surface area contributed by atoms with E-state index in [-0.39, 0.29) is 11.5 Å². The number of rotatable bonds is 3. The molecular formula is C13H15ClN2O5S. The van der Waals surface area contributed by atoms with Gasteiger partial charge in [-0.15, -0.1) is 0 Å². The van der Waals surface area contributed by atoms with Crippen molar-refractivity contribution in [2.45, 2.75) is 12.5 Å². The first kappa shape index (κ1) is 16.6. The Bertz CT molecular complexity index is 704. The number of anilines is 1. The van der Waals surface area contributed by atoms with Crippen molar-refractivity contribution >= 4 is 38.9 Å². The Balaban J connectivity index is 1.94. The largest absolute Gasteiger partial charge is 0.495 e. The lowest BCUT2D eigenvalue weighted by atomic mass is 10.2. The van der Waals surface area contributed by atoms with Crippen LogP contribution in [0.4, 0.5) is 5.69 Å². The number of carbonyl (C=O) groups is 2. The molecule has 1 heterocycles. The predicted octanol–water partition coefficient (Wildman–Crippen LogP) is 0.590. The smallest absolute Gasteiger partial charge is 0.313 e. The van der Waals surface area contributed by atoms with E-state index in [9.17, 15) is 18.0 Å². The average Bonchev–Trinajstić information content (AvgIpc) is 2.78. The van der Waals surface area contributed by atoms with Crippen LogP contribution in [0.1, 0.15) is 6.42 Å². The van der Waals surface area contributed by atoms with Crippen molar-refractivity contribution in [2.24, 2.45) is 0 Å². The van der Waals surface area contributed by atoms with E-state index in [1.165, 1.54) is 19.2 Å². The van der Waals surface area contributed by atoms with Crippen molar-refractivity contribution in [1.29, 1.82) is 0 Å². The van der Waals surface area contributed by atoms with Gasteiger partial charge in [-0.2, -0.15) is 0 Å². The molecule has 0 aliphatic carbocycles. The summed E-state index contributed by atoms with van der Waals surface area (Å²) in [6.45, 7) is 0. The van der Waals surface area contributed by atoms with Crippen LogP contribution in [0.3, 0.4) is 0 Å². The monoisotopic (exact) mass is 346 g/mol. The molecule has 120 valence electrons. The van der Waals surface area contributed by atoms with Crippen molar-refractivity contribution < 1.29 is 22.7 Å². The minimum absolute atomic E-state index is 0.0215. The molecule has 0 radical (unpaired) electrons. The van der Waals surface area contributed by atoms with Crippen molar-refractivity contribution in [3.8, 4) is 5.75 Å². The molecule has 7 nitrogen and oxygen atoms in total. The molecule has 1 unspecified atom stereocenters. The summed E-state index contributed by atoms with van der Waals surface area (Å²) in [4.78, 5) is 23.5. The molecule has 1 fully saturated rings. The Labute approximate surface area is 132 Å². The summed E-state index contributed by atoms with van der Waals surface area (Å²) in [6.07, 6.45) is 0.315. The topological polar surface area (TPSA) is 102 Å². The minimum Gasteiger partial charge on any atom is -0.495 e. The fraction of sp³-hybridized carbons (Fsp3) is 0.385. The first-order valence-electron chi connectivity index (χ1n) is 6.46. The van der Waals surface area contributed by atoms with Gasteiger partial charge in [0.15, 0.2) is 9.84 Å². The van der Waals surface area contributed by atoms with E-state index in [2.05, 4.69) is 10.6 Å². The molecule has 2 amide bonds. The van der Waals surface area contributed by atoms with Crippen LogP contribution in [0.25, 0.3) is 0 Å². The summed E-state index contributed by atoms with van der Waals surface area (Å²) >= 11 is 5.92. The molecule has 0 saturated carbocycles. The number of carbonyl (C=O) groups excluding carboxylic acids is 2. The first-order valence-corrected chi connectivity index (χ1v) is 8.66. The van der Waals surface area contributed by atoms with Crippen molar-refractivity contribution in [3.63, 3.8) is 0 Å². The van der Waals surface area contributed by atoms with Crippen LogP contribution in [0.15, 0.2) is 18.2 Å². The van der Waals surface area contributed by atoms with Gasteiger partial charge in [0.25, 0.3) is 0 Å². The van der Waals surface area contributed by atoms with E-state index in [0.29, 0.717) is 22.9 Å². The van der Waals surface area contributed by atoms with Crippen LogP contribution >= 0.6 is 11.6 Å². The van der Waals surface area contributed by atoms with E-state index in [1.54, 1.807) is 6.07 Å². The maximum atomic E-state index is 11.8. The lowest BCUT2D eigenvalue weighted by Crippen LogP contribution is -2.42. The number of sulfone groups is 1. The SMILES string of the molecule is COc1ccc(NC(=O)C(=O)NC2CCS(=O)(=O)C2)cc1Cl. The summed E-state index contributed by atoms with van der Waals surface area (Å²) in [7, 11) is -1.66. The highest BCUT2D eigenvalue weighted by molar-refractivity contribution is 7.91. The first-order chi connectivity index (χ1) is 10.3. The summed E-state index contributed by atoms with van der Waals surface area (Å²) in [5.41, 5.74) is 0.338. The Morgan fingerprint density at radius 1 is 1.32 bits per heavy atom. The Hall–Kier alpha value is -1.80. The normalized spacial score (nSPS) is 19.5. The van der Waals surface area contributed by atoms with Crippen molar-refractivity contribution in [1.82, 2.24) is 5.32 Å². The standard InChI is InChI=1S/C13H15ClN2O5S/c1-21-11-3-2-8(6-10(11)14)15-12(17)13(18)16-9-4-5-22(19,20)7-9/h2-3,6,9H,4-5,7H2,1H3,(H,15,17)(H,16,18). The zero-order chi connectivity index (χ0) is 16.3. The number of hydrogen-bond donors (Lipinski definition) is 2. The maximum Gasteiger partial charge on any atom is 0.313 e. The predicted molar refractivity (Wildman–Crippen MR) is 81.8 cm³/mol. The molecule has 2 rings (SSSR count). The van der Waals surface area contributed by atoms with Gasteiger partial charge in [-0.1, -0.05) is 11.6 Å². The molecule has 1 aromatic carbocycles.